The number of ether oxygens (including phenoxy) is 2. The summed E-state index contributed by atoms with van der Waals surface area (Å²) in [6, 6.07) is 4.32. The second-order valence-electron chi connectivity index (χ2n) is 10.5. The molecule has 2 aromatic rings. The highest BCUT2D eigenvalue weighted by Crippen LogP contribution is 2.35. The molecule has 1 atom stereocenters. The monoisotopic (exact) mass is 511 g/mol. The van der Waals surface area contributed by atoms with Gasteiger partial charge in [0.15, 0.2) is 11.3 Å². The van der Waals surface area contributed by atoms with Crippen molar-refractivity contribution in [3.8, 4) is 0 Å². The summed E-state index contributed by atoms with van der Waals surface area (Å²) in [6.45, 7) is 9.96. The molecule has 0 radical (unpaired) electrons. The van der Waals surface area contributed by atoms with Gasteiger partial charge in [-0.15, -0.1) is 5.06 Å². The van der Waals surface area contributed by atoms with E-state index in [1.807, 2.05) is 17.1 Å². The third kappa shape index (κ3) is 5.27. The molecule has 10 nitrogen and oxygen atoms in total. The number of morpholine rings is 2. The average Bonchev–Trinajstić information content (AvgIpc) is 3.36. The van der Waals surface area contributed by atoms with Crippen LogP contribution >= 0.6 is 0 Å². The quantitative estimate of drug-likeness (QED) is 0.573. The van der Waals surface area contributed by atoms with E-state index in [-0.39, 0.29) is 17.3 Å². The topological polar surface area (TPSA) is 102 Å². The number of anilines is 1. The lowest BCUT2D eigenvalue weighted by atomic mass is 9.97. The van der Waals surface area contributed by atoms with Gasteiger partial charge >= 0.3 is 5.97 Å². The molecule has 1 aromatic heterocycles. The molecule has 10 heteroatoms. The molecule has 1 unspecified atom stereocenters. The number of nitrogens with zero attached hydrogens (tertiary/aromatic N) is 3. The molecular formula is C27H33N3O7. The standard InChI is InChI=1S/C27H33N3O7/c1-27(2,3)26(33)37-30-6-4-5-21(30)19-15-18(25(32)29-9-13-35-14-10-29)16-20-22(31)17-23(36-24(19)20)28-7-11-34-12-8-28/h4-5,15-17,21H,6-14H2,1-3H3. The fraction of sp³-hybridized carbons (Fsp3) is 0.519. The van der Waals surface area contributed by atoms with E-state index in [4.69, 9.17) is 18.7 Å². The van der Waals surface area contributed by atoms with Gasteiger partial charge in [-0.25, -0.2) is 4.79 Å². The smallest absolute Gasteiger partial charge is 0.330 e. The summed E-state index contributed by atoms with van der Waals surface area (Å²) in [5, 5.41) is 1.88. The number of amides is 1. The fourth-order valence-corrected chi connectivity index (χ4v) is 4.60. The summed E-state index contributed by atoms with van der Waals surface area (Å²) >= 11 is 0. The van der Waals surface area contributed by atoms with Gasteiger partial charge in [0.25, 0.3) is 5.91 Å². The predicted octanol–water partition coefficient (Wildman–Crippen LogP) is 2.52. The van der Waals surface area contributed by atoms with Crippen LogP contribution in [0.2, 0.25) is 0 Å². The van der Waals surface area contributed by atoms with Crippen molar-refractivity contribution in [2.45, 2.75) is 26.8 Å². The summed E-state index contributed by atoms with van der Waals surface area (Å²) < 4.78 is 17.2. The average molecular weight is 512 g/mol. The largest absolute Gasteiger partial charge is 0.440 e. The Morgan fingerprint density at radius 2 is 1.65 bits per heavy atom. The van der Waals surface area contributed by atoms with E-state index < -0.39 is 11.5 Å². The Kier molecular flexibility index (Phi) is 7.06. The molecule has 2 saturated heterocycles. The molecule has 198 valence electrons. The van der Waals surface area contributed by atoms with Crippen LogP contribution in [-0.4, -0.2) is 81.0 Å². The Hall–Kier alpha value is -3.21. The van der Waals surface area contributed by atoms with Crippen LogP contribution in [0.3, 0.4) is 0 Å². The van der Waals surface area contributed by atoms with Crippen LogP contribution in [0, 0.1) is 5.41 Å². The third-order valence-electron chi connectivity index (χ3n) is 6.76. The molecule has 0 aliphatic carbocycles. The molecule has 3 aliphatic rings. The normalized spacial score (nSPS) is 21.0. The molecule has 5 rings (SSSR count). The molecule has 3 aliphatic heterocycles. The summed E-state index contributed by atoms with van der Waals surface area (Å²) in [5.74, 6) is -0.0978. The number of carbonyl (C=O) groups is 2. The van der Waals surface area contributed by atoms with Crippen molar-refractivity contribution < 1.29 is 28.3 Å². The second kappa shape index (κ2) is 10.3. The van der Waals surface area contributed by atoms with Crippen molar-refractivity contribution in [2.24, 2.45) is 5.41 Å². The van der Waals surface area contributed by atoms with E-state index >= 15 is 0 Å². The van der Waals surface area contributed by atoms with Crippen molar-refractivity contribution in [3.63, 3.8) is 0 Å². The number of hydrogen-bond acceptors (Lipinski definition) is 9. The molecular weight excluding hydrogens is 478 g/mol. The van der Waals surface area contributed by atoms with Crippen LogP contribution in [0.1, 0.15) is 42.7 Å². The highest BCUT2D eigenvalue weighted by atomic mass is 16.7. The lowest BCUT2D eigenvalue weighted by molar-refractivity contribution is -0.202. The van der Waals surface area contributed by atoms with Crippen LogP contribution in [0.25, 0.3) is 11.0 Å². The summed E-state index contributed by atoms with van der Waals surface area (Å²) in [4.78, 5) is 49.0. The van der Waals surface area contributed by atoms with Crippen molar-refractivity contribution >= 4 is 28.7 Å². The van der Waals surface area contributed by atoms with Gasteiger partial charge < -0.3 is 28.5 Å². The van der Waals surface area contributed by atoms with Crippen molar-refractivity contribution in [1.29, 1.82) is 0 Å². The van der Waals surface area contributed by atoms with E-state index in [9.17, 15) is 14.4 Å². The first-order valence-electron chi connectivity index (χ1n) is 12.7. The SMILES string of the molecule is CC(C)(C)C(=O)ON1CC=CC1c1cc(C(=O)N2CCOCC2)cc2c(=O)cc(N3CCOCC3)oc12. The first-order chi connectivity index (χ1) is 17.7. The highest BCUT2D eigenvalue weighted by molar-refractivity contribution is 5.99. The van der Waals surface area contributed by atoms with Crippen LogP contribution in [0.5, 0.6) is 0 Å². The van der Waals surface area contributed by atoms with E-state index in [1.54, 1.807) is 42.9 Å². The van der Waals surface area contributed by atoms with E-state index in [0.717, 1.165) is 0 Å². The summed E-state index contributed by atoms with van der Waals surface area (Å²) in [7, 11) is 0. The number of hydrogen-bond donors (Lipinski definition) is 0. The van der Waals surface area contributed by atoms with Gasteiger partial charge in [0.1, 0.15) is 5.58 Å². The Bertz CT molecular complexity index is 1270. The maximum atomic E-state index is 13.4. The maximum absolute atomic E-state index is 13.4. The van der Waals surface area contributed by atoms with Crippen LogP contribution in [0.15, 0.2) is 39.6 Å². The zero-order valence-corrected chi connectivity index (χ0v) is 21.5. The molecule has 4 heterocycles. The lowest BCUT2D eigenvalue weighted by Gasteiger charge is -2.30. The Morgan fingerprint density at radius 1 is 0.973 bits per heavy atom. The Balaban J connectivity index is 1.61. The van der Waals surface area contributed by atoms with Gasteiger partial charge in [0.05, 0.1) is 49.8 Å². The van der Waals surface area contributed by atoms with Gasteiger partial charge in [-0.2, -0.15) is 0 Å². The molecule has 0 spiro atoms. The highest BCUT2D eigenvalue weighted by Gasteiger charge is 2.33. The van der Waals surface area contributed by atoms with Crippen LogP contribution in [-0.2, 0) is 19.1 Å². The molecule has 0 saturated carbocycles. The molecule has 0 bridgehead atoms. The number of carbonyl (C=O) groups excluding carboxylic acids is 2. The van der Waals surface area contributed by atoms with Gasteiger partial charge in [0.2, 0.25) is 0 Å². The Labute approximate surface area is 215 Å². The number of hydroxylamine groups is 2. The first-order valence-corrected chi connectivity index (χ1v) is 12.7. The minimum Gasteiger partial charge on any atom is -0.440 e. The fourth-order valence-electron chi connectivity index (χ4n) is 4.60. The van der Waals surface area contributed by atoms with Gasteiger partial charge in [-0.1, -0.05) is 12.2 Å². The summed E-state index contributed by atoms with van der Waals surface area (Å²) in [5.41, 5.74) is 0.427. The predicted molar refractivity (Wildman–Crippen MR) is 136 cm³/mol. The molecule has 1 aromatic carbocycles. The number of rotatable bonds is 4. The zero-order chi connectivity index (χ0) is 26.2. The van der Waals surface area contributed by atoms with Crippen molar-refractivity contribution in [2.75, 3.05) is 64.1 Å². The lowest BCUT2D eigenvalue weighted by Crippen LogP contribution is -2.40. The minimum atomic E-state index is -0.695. The molecule has 37 heavy (non-hydrogen) atoms. The molecule has 1 amide bonds. The van der Waals surface area contributed by atoms with Gasteiger partial charge in [-0.05, 0) is 32.9 Å². The van der Waals surface area contributed by atoms with Crippen LogP contribution in [0.4, 0.5) is 5.88 Å². The van der Waals surface area contributed by atoms with Gasteiger partial charge in [0, 0.05) is 43.4 Å². The van der Waals surface area contributed by atoms with E-state index in [1.165, 1.54) is 6.07 Å². The van der Waals surface area contributed by atoms with E-state index in [2.05, 4.69) is 0 Å². The molecule has 2 fully saturated rings. The van der Waals surface area contributed by atoms with Crippen molar-refractivity contribution in [1.82, 2.24) is 9.96 Å². The Morgan fingerprint density at radius 3 is 2.32 bits per heavy atom. The maximum Gasteiger partial charge on any atom is 0.330 e. The molecule has 0 N–H and O–H groups in total. The van der Waals surface area contributed by atoms with Gasteiger partial charge in [-0.3, -0.25) is 9.59 Å². The minimum absolute atomic E-state index is 0.177. The zero-order valence-electron chi connectivity index (χ0n) is 21.5. The van der Waals surface area contributed by atoms with E-state index in [0.29, 0.717) is 87.1 Å². The third-order valence-corrected chi connectivity index (χ3v) is 6.76. The van der Waals surface area contributed by atoms with Crippen LogP contribution < -0.4 is 10.3 Å². The first kappa shape index (κ1) is 25.4. The summed E-state index contributed by atoms with van der Waals surface area (Å²) in [6.07, 6.45) is 3.79. The number of fused-ring (bicyclic) bond motifs is 1. The second-order valence-corrected chi connectivity index (χ2v) is 10.5. The van der Waals surface area contributed by atoms with Crippen molar-refractivity contribution in [3.05, 3.63) is 51.7 Å². The number of benzene rings is 1.